The van der Waals surface area contributed by atoms with Gasteiger partial charge in [-0.3, -0.25) is 4.79 Å². The molecule has 0 spiro atoms. The van der Waals surface area contributed by atoms with Crippen molar-refractivity contribution in [1.29, 1.82) is 0 Å². The molecule has 2 unspecified atom stereocenters. The van der Waals surface area contributed by atoms with Crippen molar-refractivity contribution < 1.29 is 9.90 Å². The molecule has 1 aliphatic heterocycles. The van der Waals surface area contributed by atoms with Crippen LogP contribution in [0.2, 0.25) is 0 Å². The summed E-state index contributed by atoms with van der Waals surface area (Å²) in [4.78, 5) is 13.2. The van der Waals surface area contributed by atoms with Crippen molar-refractivity contribution in [2.24, 2.45) is 5.92 Å². The van der Waals surface area contributed by atoms with Crippen molar-refractivity contribution >= 4 is 5.91 Å². The first kappa shape index (κ1) is 10.3. The van der Waals surface area contributed by atoms with Crippen LogP contribution in [0.4, 0.5) is 0 Å². The Morgan fingerprint density at radius 3 is 2.92 bits per heavy atom. The number of allylic oxidation sites excluding steroid dienone is 1. The van der Waals surface area contributed by atoms with E-state index in [1.165, 1.54) is 0 Å². The predicted octanol–water partition coefficient (Wildman–Crippen LogP) is 0.792. The van der Waals surface area contributed by atoms with E-state index in [4.69, 9.17) is 5.11 Å². The zero-order chi connectivity index (χ0) is 9.84. The molecule has 0 aromatic heterocycles. The van der Waals surface area contributed by atoms with E-state index in [2.05, 4.69) is 6.92 Å². The molecule has 13 heavy (non-hydrogen) atoms. The first-order chi connectivity index (χ1) is 6.20. The van der Waals surface area contributed by atoms with Gasteiger partial charge in [0.2, 0.25) is 5.91 Å². The molecule has 3 heteroatoms. The number of aliphatic hydroxyl groups is 1. The number of aliphatic hydroxyl groups excluding tert-OH is 1. The minimum atomic E-state index is 0.0173. The third-order valence-corrected chi connectivity index (χ3v) is 2.66. The second-order valence-electron chi connectivity index (χ2n) is 3.55. The van der Waals surface area contributed by atoms with Crippen molar-refractivity contribution in [1.82, 2.24) is 4.90 Å². The molecule has 1 N–H and O–H groups in total. The van der Waals surface area contributed by atoms with Gasteiger partial charge < -0.3 is 10.0 Å². The number of hydrogen-bond acceptors (Lipinski definition) is 2. The van der Waals surface area contributed by atoms with Crippen LogP contribution in [-0.2, 0) is 4.79 Å². The lowest BCUT2D eigenvalue weighted by Crippen LogP contribution is -2.38. The van der Waals surface area contributed by atoms with Crippen LogP contribution in [0.25, 0.3) is 0 Å². The average molecular weight is 183 g/mol. The van der Waals surface area contributed by atoms with E-state index in [9.17, 15) is 4.79 Å². The lowest BCUT2D eigenvalue weighted by atomic mass is 10.0. The minimum absolute atomic E-state index is 0.0173. The van der Waals surface area contributed by atoms with Gasteiger partial charge in [-0.1, -0.05) is 13.0 Å². The summed E-state index contributed by atoms with van der Waals surface area (Å²) >= 11 is 0. The maximum atomic E-state index is 11.5. The Morgan fingerprint density at radius 2 is 2.38 bits per heavy atom. The van der Waals surface area contributed by atoms with E-state index in [0.717, 1.165) is 13.0 Å². The number of rotatable bonds is 2. The summed E-state index contributed by atoms with van der Waals surface area (Å²) in [6, 6.07) is 0.0173. The number of hydrogen-bond donors (Lipinski definition) is 1. The molecule has 0 aromatic carbocycles. The highest BCUT2D eigenvalue weighted by Gasteiger charge is 2.32. The molecule has 3 nitrogen and oxygen atoms in total. The summed E-state index contributed by atoms with van der Waals surface area (Å²) in [7, 11) is 0. The smallest absolute Gasteiger partial charge is 0.246 e. The normalized spacial score (nSPS) is 28.7. The monoisotopic (exact) mass is 183 g/mol. The summed E-state index contributed by atoms with van der Waals surface area (Å²) < 4.78 is 0. The molecule has 0 aromatic rings. The minimum Gasteiger partial charge on any atom is -0.394 e. The fourth-order valence-corrected chi connectivity index (χ4v) is 1.80. The lowest BCUT2D eigenvalue weighted by molar-refractivity contribution is -0.127. The first-order valence-corrected chi connectivity index (χ1v) is 4.74. The van der Waals surface area contributed by atoms with Gasteiger partial charge in [0, 0.05) is 6.54 Å². The molecular weight excluding hydrogens is 166 g/mol. The van der Waals surface area contributed by atoms with Gasteiger partial charge in [-0.25, -0.2) is 0 Å². The van der Waals surface area contributed by atoms with Crippen molar-refractivity contribution in [3.05, 3.63) is 12.2 Å². The fraction of sp³-hybridized carbons (Fsp3) is 0.700. The van der Waals surface area contributed by atoms with Crippen LogP contribution >= 0.6 is 0 Å². The van der Waals surface area contributed by atoms with E-state index in [1.54, 1.807) is 17.1 Å². The molecule has 1 amide bonds. The van der Waals surface area contributed by atoms with Crippen LogP contribution in [0, 0.1) is 5.92 Å². The number of carbonyl (C=O) groups is 1. The molecule has 0 radical (unpaired) electrons. The van der Waals surface area contributed by atoms with E-state index in [1.807, 2.05) is 6.92 Å². The molecule has 0 bridgehead atoms. The Bertz CT molecular complexity index is 213. The Balaban J connectivity index is 2.64. The highest BCUT2D eigenvalue weighted by atomic mass is 16.3. The van der Waals surface area contributed by atoms with Crippen molar-refractivity contribution in [2.45, 2.75) is 26.3 Å². The summed E-state index contributed by atoms with van der Waals surface area (Å²) in [6.45, 7) is 4.75. The second-order valence-corrected chi connectivity index (χ2v) is 3.55. The molecule has 1 rings (SSSR count). The summed E-state index contributed by atoms with van der Waals surface area (Å²) in [5, 5.41) is 9.11. The molecule has 74 valence electrons. The highest BCUT2D eigenvalue weighted by Crippen LogP contribution is 2.23. The van der Waals surface area contributed by atoms with Crippen LogP contribution in [0.1, 0.15) is 20.3 Å². The summed E-state index contributed by atoms with van der Waals surface area (Å²) in [5.74, 6) is 0.435. The number of nitrogens with zero attached hydrogens (tertiary/aromatic N) is 1. The number of likely N-dealkylation sites (tertiary alicyclic amines) is 1. The molecule has 0 saturated carbocycles. The van der Waals surface area contributed by atoms with Crippen molar-refractivity contribution in [2.75, 3.05) is 13.2 Å². The summed E-state index contributed by atoms with van der Waals surface area (Å²) in [6.07, 6.45) is 4.29. The Morgan fingerprint density at radius 1 is 1.69 bits per heavy atom. The van der Waals surface area contributed by atoms with Crippen molar-refractivity contribution in [3.63, 3.8) is 0 Å². The highest BCUT2D eigenvalue weighted by molar-refractivity contribution is 5.88. The first-order valence-electron chi connectivity index (χ1n) is 4.74. The Labute approximate surface area is 79.0 Å². The molecule has 2 atom stereocenters. The van der Waals surface area contributed by atoms with Crippen LogP contribution in [0.5, 0.6) is 0 Å². The van der Waals surface area contributed by atoms with E-state index in [-0.39, 0.29) is 18.6 Å². The fourth-order valence-electron chi connectivity index (χ4n) is 1.80. The van der Waals surface area contributed by atoms with Gasteiger partial charge in [-0.05, 0) is 25.3 Å². The van der Waals surface area contributed by atoms with Gasteiger partial charge in [0.05, 0.1) is 12.6 Å². The average Bonchev–Trinajstić information content (AvgIpc) is 2.47. The van der Waals surface area contributed by atoms with Crippen molar-refractivity contribution in [3.8, 4) is 0 Å². The number of carbonyl (C=O) groups excluding carboxylic acids is 1. The van der Waals surface area contributed by atoms with Crippen LogP contribution in [0.3, 0.4) is 0 Å². The zero-order valence-electron chi connectivity index (χ0n) is 8.23. The SMILES string of the molecule is C/C=C/C(=O)N1CCC(C)C1CO. The maximum Gasteiger partial charge on any atom is 0.246 e. The third kappa shape index (κ3) is 2.10. The Kier molecular flexibility index (Phi) is 3.48. The van der Waals surface area contributed by atoms with Crippen LogP contribution < -0.4 is 0 Å². The van der Waals surface area contributed by atoms with Crippen LogP contribution in [0.15, 0.2) is 12.2 Å². The maximum absolute atomic E-state index is 11.5. The van der Waals surface area contributed by atoms with E-state index in [0.29, 0.717) is 5.92 Å². The standard InChI is InChI=1S/C10H17NO2/c1-3-4-10(13)11-6-5-8(2)9(11)7-12/h3-4,8-9,12H,5-7H2,1-2H3/b4-3+. The van der Waals surface area contributed by atoms with Gasteiger partial charge in [0.1, 0.15) is 0 Å². The molecule has 1 fully saturated rings. The molecule has 1 heterocycles. The zero-order valence-corrected chi connectivity index (χ0v) is 8.23. The molecule has 1 saturated heterocycles. The molecule has 1 aliphatic rings. The van der Waals surface area contributed by atoms with Crippen LogP contribution in [-0.4, -0.2) is 35.1 Å². The summed E-state index contributed by atoms with van der Waals surface area (Å²) in [5.41, 5.74) is 0. The lowest BCUT2D eigenvalue weighted by Gasteiger charge is -2.23. The quantitative estimate of drug-likeness (QED) is 0.643. The van der Waals surface area contributed by atoms with E-state index < -0.39 is 0 Å². The molecule has 0 aliphatic carbocycles. The van der Waals surface area contributed by atoms with Gasteiger partial charge in [0.25, 0.3) is 0 Å². The van der Waals surface area contributed by atoms with Gasteiger partial charge in [0.15, 0.2) is 0 Å². The largest absolute Gasteiger partial charge is 0.394 e. The molecular formula is C10H17NO2. The van der Waals surface area contributed by atoms with Gasteiger partial charge >= 0.3 is 0 Å². The van der Waals surface area contributed by atoms with E-state index >= 15 is 0 Å². The third-order valence-electron chi connectivity index (χ3n) is 2.66. The predicted molar refractivity (Wildman–Crippen MR) is 51.2 cm³/mol. The number of amides is 1. The van der Waals surface area contributed by atoms with Gasteiger partial charge in [-0.2, -0.15) is 0 Å². The van der Waals surface area contributed by atoms with Gasteiger partial charge in [-0.15, -0.1) is 0 Å². The second kappa shape index (κ2) is 4.42. The Hall–Kier alpha value is -0.830. The topological polar surface area (TPSA) is 40.5 Å².